The number of nitrogens with zero attached hydrogens (tertiary/aromatic N) is 2. The molecule has 3 N–H and O–H groups in total. The summed E-state index contributed by atoms with van der Waals surface area (Å²) < 4.78 is 0. The first-order chi connectivity index (χ1) is 11.9. The third kappa shape index (κ3) is 6.91. The van der Waals surface area contributed by atoms with Crippen LogP contribution in [0, 0.1) is 11.3 Å². The van der Waals surface area contributed by atoms with Crippen LogP contribution in [-0.4, -0.2) is 52.1 Å². The molecule has 134 valence electrons. The lowest BCUT2D eigenvalue weighted by atomic mass is 10.1. The van der Waals surface area contributed by atoms with E-state index < -0.39 is 18.0 Å². The van der Waals surface area contributed by atoms with Gasteiger partial charge in [-0.25, -0.2) is 4.79 Å². The molecule has 0 spiro atoms. The second-order valence-electron chi connectivity index (χ2n) is 5.38. The Morgan fingerprint density at radius 2 is 1.84 bits per heavy atom. The lowest BCUT2D eigenvalue weighted by Crippen LogP contribution is -2.35. The highest BCUT2D eigenvalue weighted by Crippen LogP contribution is 2.13. The molecule has 8 nitrogen and oxygen atoms in total. The van der Waals surface area contributed by atoms with Crippen molar-refractivity contribution in [2.75, 3.05) is 18.4 Å². The van der Waals surface area contributed by atoms with Gasteiger partial charge in [0.05, 0.1) is 18.1 Å². The number of anilines is 1. The minimum atomic E-state index is -1.09. The number of nitriles is 1. The molecule has 0 aliphatic carbocycles. The molecule has 8 heteroatoms. The van der Waals surface area contributed by atoms with E-state index in [0.717, 1.165) is 0 Å². The van der Waals surface area contributed by atoms with Crippen LogP contribution in [0.2, 0.25) is 0 Å². The Morgan fingerprint density at radius 3 is 2.32 bits per heavy atom. The summed E-state index contributed by atoms with van der Waals surface area (Å²) in [7, 11) is 0. The third-order valence-electron chi connectivity index (χ3n) is 3.63. The van der Waals surface area contributed by atoms with Crippen LogP contribution in [0.15, 0.2) is 24.3 Å². The first kappa shape index (κ1) is 20.0. The highest BCUT2D eigenvalue weighted by Gasteiger charge is 2.21. The van der Waals surface area contributed by atoms with Crippen molar-refractivity contribution in [1.29, 1.82) is 5.26 Å². The number of nitrogens with one attached hydrogen (secondary N) is 1. The van der Waals surface area contributed by atoms with Crippen molar-refractivity contribution in [2.45, 2.75) is 32.2 Å². The molecule has 1 aromatic carbocycles. The summed E-state index contributed by atoms with van der Waals surface area (Å²) in [5, 5.41) is 29.6. The maximum atomic E-state index is 12.1. The summed E-state index contributed by atoms with van der Waals surface area (Å²) in [5.74, 6) is -2.36. The standard InChI is InChI=1S/C17H21N3O5/c1-2-20(10-9-16(22)23)15(21)8-7-14(17(24)25)19-13-5-3-12(11-18)4-6-13/h3-6,14,19H,2,7-10H2,1H3,(H,22,23)(H,24,25). The Labute approximate surface area is 145 Å². The lowest BCUT2D eigenvalue weighted by Gasteiger charge is -2.21. The summed E-state index contributed by atoms with van der Waals surface area (Å²) in [4.78, 5) is 35.5. The topological polar surface area (TPSA) is 131 Å². The SMILES string of the molecule is CCN(CCC(=O)O)C(=O)CCC(Nc1ccc(C#N)cc1)C(=O)O. The normalized spacial score (nSPS) is 11.2. The van der Waals surface area contributed by atoms with Gasteiger partial charge in [0.25, 0.3) is 0 Å². The van der Waals surface area contributed by atoms with Gasteiger partial charge >= 0.3 is 11.9 Å². The summed E-state index contributed by atoms with van der Waals surface area (Å²) in [6.07, 6.45) is -0.0864. The average molecular weight is 347 g/mol. The Hall–Kier alpha value is -3.08. The van der Waals surface area contributed by atoms with Crippen molar-refractivity contribution in [1.82, 2.24) is 4.90 Å². The molecule has 0 aromatic heterocycles. The van der Waals surface area contributed by atoms with Crippen LogP contribution >= 0.6 is 0 Å². The number of carbonyl (C=O) groups excluding carboxylic acids is 1. The molecule has 0 saturated heterocycles. The van der Waals surface area contributed by atoms with Crippen molar-refractivity contribution >= 4 is 23.5 Å². The molecule has 1 aromatic rings. The number of benzene rings is 1. The minimum Gasteiger partial charge on any atom is -0.481 e. The Morgan fingerprint density at radius 1 is 1.20 bits per heavy atom. The molecule has 0 saturated carbocycles. The van der Waals surface area contributed by atoms with E-state index in [4.69, 9.17) is 10.4 Å². The van der Waals surface area contributed by atoms with Gasteiger partial charge in [0, 0.05) is 25.2 Å². The maximum absolute atomic E-state index is 12.1. The Bertz CT molecular complexity index is 651. The number of carbonyl (C=O) groups is 3. The fourth-order valence-corrected chi connectivity index (χ4v) is 2.22. The van der Waals surface area contributed by atoms with Gasteiger partial charge in [-0.05, 0) is 37.6 Å². The van der Waals surface area contributed by atoms with Crippen LogP contribution in [0.5, 0.6) is 0 Å². The number of hydrogen-bond acceptors (Lipinski definition) is 5. The molecule has 25 heavy (non-hydrogen) atoms. The van der Waals surface area contributed by atoms with E-state index in [1.807, 2.05) is 6.07 Å². The van der Waals surface area contributed by atoms with Crippen LogP contribution in [-0.2, 0) is 14.4 Å². The monoisotopic (exact) mass is 347 g/mol. The Kier molecular flexibility index (Phi) is 7.93. The van der Waals surface area contributed by atoms with Gasteiger partial charge in [-0.2, -0.15) is 5.26 Å². The van der Waals surface area contributed by atoms with Gasteiger partial charge in [-0.3, -0.25) is 9.59 Å². The lowest BCUT2D eigenvalue weighted by molar-refractivity contribution is -0.138. The fourth-order valence-electron chi connectivity index (χ4n) is 2.22. The molecular weight excluding hydrogens is 326 g/mol. The number of carboxylic acid groups (broad SMARTS) is 2. The fraction of sp³-hybridized carbons (Fsp3) is 0.412. The smallest absolute Gasteiger partial charge is 0.326 e. The average Bonchev–Trinajstić information content (AvgIpc) is 2.59. The van der Waals surface area contributed by atoms with E-state index in [0.29, 0.717) is 17.8 Å². The summed E-state index contributed by atoms with van der Waals surface area (Å²) >= 11 is 0. The second kappa shape index (κ2) is 9.93. The highest BCUT2D eigenvalue weighted by atomic mass is 16.4. The van der Waals surface area contributed by atoms with E-state index in [1.54, 1.807) is 31.2 Å². The maximum Gasteiger partial charge on any atom is 0.326 e. The first-order valence-corrected chi connectivity index (χ1v) is 7.86. The predicted molar refractivity (Wildman–Crippen MR) is 89.9 cm³/mol. The van der Waals surface area contributed by atoms with Gasteiger partial charge in [-0.15, -0.1) is 0 Å². The molecule has 1 rings (SSSR count). The molecular formula is C17H21N3O5. The molecule has 0 radical (unpaired) electrons. The molecule has 0 fully saturated rings. The molecule has 0 bridgehead atoms. The second-order valence-corrected chi connectivity index (χ2v) is 5.38. The molecule has 0 aliphatic rings. The van der Waals surface area contributed by atoms with Crippen molar-refractivity contribution in [3.63, 3.8) is 0 Å². The quantitative estimate of drug-likeness (QED) is 0.585. The van der Waals surface area contributed by atoms with Crippen LogP contribution < -0.4 is 5.32 Å². The number of carboxylic acids is 2. The number of rotatable bonds is 10. The first-order valence-electron chi connectivity index (χ1n) is 7.86. The van der Waals surface area contributed by atoms with E-state index in [2.05, 4.69) is 5.32 Å². The van der Waals surface area contributed by atoms with Crippen molar-refractivity contribution < 1.29 is 24.6 Å². The van der Waals surface area contributed by atoms with Crippen molar-refractivity contribution in [2.24, 2.45) is 0 Å². The van der Waals surface area contributed by atoms with Crippen molar-refractivity contribution in [3.05, 3.63) is 29.8 Å². The summed E-state index contributed by atoms with van der Waals surface area (Å²) in [5.41, 5.74) is 1.00. The van der Waals surface area contributed by atoms with Crippen molar-refractivity contribution in [3.8, 4) is 6.07 Å². The number of hydrogen-bond donors (Lipinski definition) is 3. The van der Waals surface area contributed by atoms with Crippen LogP contribution in [0.4, 0.5) is 5.69 Å². The Balaban J connectivity index is 2.62. The molecule has 0 heterocycles. The molecule has 1 amide bonds. The number of aliphatic carboxylic acids is 2. The third-order valence-corrected chi connectivity index (χ3v) is 3.63. The van der Waals surface area contributed by atoms with Gasteiger partial charge in [0.15, 0.2) is 0 Å². The van der Waals surface area contributed by atoms with Gasteiger partial charge in [-0.1, -0.05) is 0 Å². The molecule has 0 aliphatic heterocycles. The molecule has 1 unspecified atom stereocenters. The zero-order chi connectivity index (χ0) is 18.8. The van der Waals surface area contributed by atoms with E-state index in [1.165, 1.54) is 4.90 Å². The zero-order valence-corrected chi connectivity index (χ0v) is 13.9. The zero-order valence-electron chi connectivity index (χ0n) is 13.9. The van der Waals surface area contributed by atoms with Gasteiger partial charge in [0.2, 0.25) is 5.91 Å². The van der Waals surface area contributed by atoms with Gasteiger partial charge < -0.3 is 20.4 Å². The largest absolute Gasteiger partial charge is 0.481 e. The van der Waals surface area contributed by atoms with E-state index in [-0.39, 0.29) is 31.7 Å². The van der Waals surface area contributed by atoms with Crippen LogP contribution in [0.25, 0.3) is 0 Å². The predicted octanol–water partition coefficient (Wildman–Crippen LogP) is 1.53. The number of amides is 1. The molecule has 1 atom stereocenters. The minimum absolute atomic E-state index is 0.00625. The van der Waals surface area contributed by atoms with E-state index in [9.17, 15) is 19.5 Å². The summed E-state index contributed by atoms with van der Waals surface area (Å²) in [6.45, 7) is 2.21. The highest BCUT2D eigenvalue weighted by molar-refractivity contribution is 5.80. The van der Waals surface area contributed by atoms with Crippen LogP contribution in [0.3, 0.4) is 0 Å². The van der Waals surface area contributed by atoms with Crippen LogP contribution in [0.1, 0.15) is 31.7 Å². The van der Waals surface area contributed by atoms with Gasteiger partial charge in [0.1, 0.15) is 6.04 Å². The summed E-state index contributed by atoms with van der Waals surface area (Å²) in [6, 6.07) is 7.34. The van der Waals surface area contributed by atoms with E-state index >= 15 is 0 Å².